The van der Waals surface area contributed by atoms with Crippen LogP contribution in [0.25, 0.3) is 4.85 Å². The summed E-state index contributed by atoms with van der Waals surface area (Å²) in [6.07, 6.45) is 11.0. The molecule has 1 aromatic rings. The number of rotatable bonds is 12. The van der Waals surface area contributed by atoms with Gasteiger partial charge in [0.2, 0.25) is 0 Å². The van der Waals surface area contributed by atoms with Gasteiger partial charge in [0.15, 0.2) is 5.69 Å². The molecule has 0 aliphatic carbocycles. The van der Waals surface area contributed by atoms with Crippen LogP contribution in [0.3, 0.4) is 0 Å². The van der Waals surface area contributed by atoms with Gasteiger partial charge in [-0.3, -0.25) is 4.79 Å². The molecular formula is C24H40N2OP+. The molecule has 0 saturated carbocycles. The second kappa shape index (κ2) is 12.2. The number of hydrogen-bond acceptors (Lipinski definition) is 1. The zero-order valence-electron chi connectivity index (χ0n) is 18.9. The average molecular weight is 404 g/mol. The van der Waals surface area contributed by atoms with E-state index in [1.807, 2.05) is 26.0 Å². The van der Waals surface area contributed by atoms with Crippen molar-refractivity contribution in [2.24, 2.45) is 0 Å². The molecular weight excluding hydrogens is 363 g/mol. The maximum absolute atomic E-state index is 13.4. The van der Waals surface area contributed by atoms with Crippen molar-refractivity contribution in [1.29, 1.82) is 0 Å². The zero-order valence-corrected chi connectivity index (χ0v) is 19.8. The second-order valence-corrected chi connectivity index (χ2v) is 12.7. The van der Waals surface area contributed by atoms with Crippen molar-refractivity contribution in [3.05, 3.63) is 34.7 Å². The maximum atomic E-state index is 13.4. The van der Waals surface area contributed by atoms with Crippen molar-refractivity contribution in [1.82, 2.24) is 0 Å². The number of amides is 1. The molecule has 0 saturated heterocycles. The highest BCUT2D eigenvalue weighted by Crippen LogP contribution is 2.64. The van der Waals surface area contributed by atoms with Gasteiger partial charge in [-0.1, -0.05) is 52.2 Å². The van der Waals surface area contributed by atoms with Gasteiger partial charge >= 0.3 is 0 Å². The van der Waals surface area contributed by atoms with Gasteiger partial charge in [-0.05, 0) is 51.2 Å². The third-order valence-electron chi connectivity index (χ3n) is 5.97. The summed E-state index contributed by atoms with van der Waals surface area (Å²) in [7, 11) is -1.34. The molecule has 0 aliphatic rings. The summed E-state index contributed by atoms with van der Waals surface area (Å²) in [5.41, 5.74) is 3.58. The Morgan fingerprint density at radius 3 is 1.79 bits per heavy atom. The van der Waals surface area contributed by atoms with E-state index >= 15 is 0 Å². The summed E-state index contributed by atoms with van der Waals surface area (Å²) in [5, 5.41) is 3.25. The molecule has 4 heteroatoms. The molecule has 3 nitrogen and oxygen atoms in total. The minimum absolute atomic E-state index is 0.0940. The molecule has 1 amide bonds. The van der Waals surface area contributed by atoms with Gasteiger partial charge in [-0.15, -0.1) is 0 Å². The van der Waals surface area contributed by atoms with Crippen molar-refractivity contribution >= 4 is 24.5 Å². The first-order valence-corrected chi connectivity index (χ1v) is 13.4. The Morgan fingerprint density at radius 1 is 1.00 bits per heavy atom. The smallest absolute Gasteiger partial charge is 0.264 e. The molecule has 156 valence electrons. The number of nitrogens with zero attached hydrogens (tertiary/aromatic N) is 1. The summed E-state index contributed by atoms with van der Waals surface area (Å²) in [6, 6.07) is 3.74. The number of carbonyl (C=O) groups is 1. The van der Waals surface area contributed by atoms with Crippen LogP contribution >= 0.6 is 7.26 Å². The van der Waals surface area contributed by atoms with Crippen molar-refractivity contribution in [2.75, 3.05) is 23.8 Å². The highest BCUT2D eigenvalue weighted by atomic mass is 31.2. The zero-order chi connectivity index (χ0) is 21.2. The van der Waals surface area contributed by atoms with E-state index in [0.717, 1.165) is 16.8 Å². The van der Waals surface area contributed by atoms with Crippen molar-refractivity contribution in [3.63, 3.8) is 0 Å². The van der Waals surface area contributed by atoms with E-state index in [4.69, 9.17) is 6.57 Å². The topological polar surface area (TPSA) is 33.5 Å². The third-order valence-corrected chi connectivity index (χ3v) is 11.5. The minimum atomic E-state index is -1.34. The first-order chi connectivity index (χ1) is 13.3. The maximum Gasteiger partial charge on any atom is 0.264 e. The van der Waals surface area contributed by atoms with Crippen LogP contribution in [0.4, 0.5) is 11.4 Å². The van der Waals surface area contributed by atoms with E-state index in [9.17, 15) is 4.79 Å². The predicted octanol–water partition coefficient (Wildman–Crippen LogP) is 7.60. The fourth-order valence-electron chi connectivity index (χ4n) is 4.01. The summed E-state index contributed by atoms with van der Waals surface area (Å²) in [4.78, 5) is 16.9. The first kappa shape index (κ1) is 24.6. The quantitative estimate of drug-likeness (QED) is 0.283. The van der Waals surface area contributed by atoms with Crippen LogP contribution in [0.2, 0.25) is 0 Å². The van der Waals surface area contributed by atoms with E-state index in [-0.39, 0.29) is 11.6 Å². The molecule has 1 aromatic carbocycles. The van der Waals surface area contributed by atoms with Crippen LogP contribution in [0, 0.1) is 20.4 Å². The highest BCUT2D eigenvalue weighted by molar-refractivity contribution is 7.77. The molecule has 28 heavy (non-hydrogen) atoms. The van der Waals surface area contributed by atoms with Crippen molar-refractivity contribution in [2.45, 2.75) is 85.7 Å². The molecule has 1 rings (SSSR count). The van der Waals surface area contributed by atoms with Gasteiger partial charge in [0.25, 0.3) is 5.91 Å². The van der Waals surface area contributed by atoms with Crippen LogP contribution in [0.1, 0.15) is 77.3 Å². The average Bonchev–Trinajstić information content (AvgIpc) is 2.69. The molecule has 0 aromatic heterocycles. The largest absolute Gasteiger partial charge is 0.322 e. The number of hydrogen-bond donors (Lipinski definition) is 1. The Bertz CT molecular complexity index is 633. The molecule has 1 unspecified atom stereocenters. The number of nitrogens with one attached hydrogen (secondary N) is 1. The fourth-order valence-corrected chi connectivity index (χ4v) is 9.25. The molecule has 0 spiro atoms. The standard InChI is InChI=1S/C24H39N2OP/c1-8-11-14-28(15-12-9-2,16-13-10-3)21(6)24(27)26-23-19(4)17-22(25-7)18-20(23)5/h17-18,21H,8-16H2,1-6H3/p+1. The molecule has 0 aliphatic heterocycles. The Labute approximate surface area is 173 Å². The lowest BCUT2D eigenvalue weighted by molar-refractivity contribution is -0.115. The lowest BCUT2D eigenvalue weighted by Gasteiger charge is -2.33. The third kappa shape index (κ3) is 6.59. The first-order valence-electron chi connectivity index (χ1n) is 11.0. The Kier molecular flexibility index (Phi) is 10.8. The highest BCUT2D eigenvalue weighted by Gasteiger charge is 2.45. The van der Waals surface area contributed by atoms with Gasteiger partial charge in [0, 0.05) is 12.9 Å². The number of anilines is 1. The van der Waals surface area contributed by atoms with Gasteiger partial charge in [0.1, 0.15) is 5.66 Å². The van der Waals surface area contributed by atoms with E-state index in [2.05, 4.69) is 37.9 Å². The lowest BCUT2D eigenvalue weighted by atomic mass is 10.1. The molecule has 0 radical (unpaired) electrons. The lowest BCUT2D eigenvalue weighted by Crippen LogP contribution is -2.32. The summed E-state index contributed by atoms with van der Waals surface area (Å²) in [5.74, 6) is 0.179. The molecule has 0 fully saturated rings. The molecule has 1 atom stereocenters. The van der Waals surface area contributed by atoms with Crippen LogP contribution in [-0.2, 0) is 4.79 Å². The van der Waals surface area contributed by atoms with E-state index < -0.39 is 7.26 Å². The SMILES string of the molecule is [C-]#[N+]c1cc(C)c(NC(=O)C(C)[P+](CCCC)(CCCC)CCCC)c(C)c1. The number of unbranched alkanes of at least 4 members (excludes halogenated alkanes) is 3. The summed E-state index contributed by atoms with van der Waals surface area (Å²) >= 11 is 0. The fraction of sp³-hybridized carbons (Fsp3) is 0.667. The van der Waals surface area contributed by atoms with E-state index in [1.54, 1.807) is 0 Å². The van der Waals surface area contributed by atoms with Gasteiger partial charge in [-0.25, -0.2) is 4.85 Å². The van der Waals surface area contributed by atoms with Crippen LogP contribution in [0.15, 0.2) is 12.1 Å². The Hall–Kier alpha value is -1.39. The van der Waals surface area contributed by atoms with Crippen molar-refractivity contribution in [3.8, 4) is 0 Å². The summed E-state index contributed by atoms with van der Waals surface area (Å²) < 4.78 is 0. The van der Waals surface area contributed by atoms with Gasteiger partial charge < -0.3 is 5.32 Å². The van der Waals surface area contributed by atoms with Gasteiger partial charge in [-0.2, -0.15) is 0 Å². The molecule has 0 heterocycles. The summed E-state index contributed by atoms with van der Waals surface area (Å²) in [6.45, 7) is 20.1. The van der Waals surface area contributed by atoms with Crippen LogP contribution in [-0.4, -0.2) is 30.1 Å². The molecule has 0 bridgehead atoms. The number of benzene rings is 1. The van der Waals surface area contributed by atoms with E-state index in [0.29, 0.717) is 5.69 Å². The normalized spacial score (nSPS) is 12.5. The molecule has 1 N–H and O–H groups in total. The predicted molar refractivity (Wildman–Crippen MR) is 127 cm³/mol. The minimum Gasteiger partial charge on any atom is -0.322 e. The van der Waals surface area contributed by atoms with E-state index in [1.165, 1.54) is 57.0 Å². The van der Waals surface area contributed by atoms with Crippen LogP contribution < -0.4 is 5.32 Å². The van der Waals surface area contributed by atoms with Crippen LogP contribution in [0.5, 0.6) is 0 Å². The second-order valence-electron chi connectivity index (χ2n) is 8.18. The monoisotopic (exact) mass is 403 g/mol. The van der Waals surface area contributed by atoms with Crippen molar-refractivity contribution < 1.29 is 4.79 Å². The number of aryl methyl sites for hydroxylation is 2. The Morgan fingerprint density at radius 2 is 1.43 bits per heavy atom. The Balaban J connectivity index is 3.13. The van der Waals surface area contributed by atoms with Gasteiger partial charge in [0.05, 0.1) is 25.1 Å². The number of carbonyl (C=O) groups excluding carboxylic acids is 1.